The molecule has 0 aliphatic rings. The monoisotopic (exact) mass is 429 g/mol. The van der Waals surface area contributed by atoms with Crippen molar-refractivity contribution in [3.05, 3.63) is 62.9 Å². The predicted molar refractivity (Wildman–Crippen MR) is 121 cm³/mol. The Hall–Kier alpha value is -2.31. The van der Waals surface area contributed by atoms with Crippen LogP contribution < -0.4 is 10.9 Å². The van der Waals surface area contributed by atoms with Gasteiger partial charge >= 0.3 is 0 Å². The van der Waals surface area contributed by atoms with E-state index in [9.17, 15) is 9.59 Å². The molecule has 5 nitrogen and oxygen atoms in total. The van der Waals surface area contributed by atoms with Gasteiger partial charge in [-0.15, -0.1) is 0 Å². The molecule has 0 aliphatic carbocycles. The zero-order chi connectivity index (χ0) is 21.0. The summed E-state index contributed by atoms with van der Waals surface area (Å²) in [5, 5.41) is 4.56. The topological polar surface area (TPSA) is 64.0 Å². The number of fused-ring (bicyclic) bond motifs is 1. The maximum Gasteiger partial charge on any atom is 0.262 e. The third-order valence-electron chi connectivity index (χ3n) is 4.59. The van der Waals surface area contributed by atoms with Gasteiger partial charge in [0.05, 0.1) is 27.4 Å². The lowest BCUT2D eigenvalue weighted by atomic mass is 10.1. The average molecular weight is 430 g/mol. The largest absolute Gasteiger partial charge is 0.324 e. The molecule has 0 spiro atoms. The fraction of sp³-hybridized carbons (Fsp3) is 0.318. The van der Waals surface area contributed by atoms with Gasteiger partial charge in [0.1, 0.15) is 0 Å². The van der Waals surface area contributed by atoms with Crippen LogP contribution >= 0.6 is 23.4 Å². The second kappa shape index (κ2) is 9.46. The van der Waals surface area contributed by atoms with Gasteiger partial charge in [0.25, 0.3) is 5.56 Å². The van der Waals surface area contributed by atoms with Crippen LogP contribution in [0.3, 0.4) is 0 Å². The molecular weight excluding hydrogens is 406 g/mol. The third kappa shape index (κ3) is 5.00. The second-order valence-electron chi connectivity index (χ2n) is 7.00. The number of nitrogens with zero attached hydrogens (tertiary/aromatic N) is 2. The predicted octanol–water partition coefficient (Wildman–Crippen LogP) is 5.20. The van der Waals surface area contributed by atoms with Crippen molar-refractivity contribution < 1.29 is 4.79 Å². The van der Waals surface area contributed by atoms with Crippen molar-refractivity contribution in [3.63, 3.8) is 0 Å². The van der Waals surface area contributed by atoms with Crippen LogP contribution in [-0.2, 0) is 11.3 Å². The second-order valence-corrected chi connectivity index (χ2v) is 8.35. The van der Waals surface area contributed by atoms with Gasteiger partial charge in [-0.2, -0.15) is 0 Å². The number of para-hydroxylation sites is 1. The van der Waals surface area contributed by atoms with E-state index in [1.54, 1.807) is 10.6 Å². The SMILES string of the molecule is CCCCn1c(SCC(=O)Nc2c(C)cc(C)cc2Cl)nc2ccccc2c1=O. The van der Waals surface area contributed by atoms with E-state index in [1.807, 2.05) is 44.2 Å². The van der Waals surface area contributed by atoms with Gasteiger partial charge in [0.15, 0.2) is 5.16 Å². The highest BCUT2D eigenvalue weighted by molar-refractivity contribution is 7.99. The highest BCUT2D eigenvalue weighted by Gasteiger charge is 2.14. The number of thioether (sulfide) groups is 1. The lowest BCUT2D eigenvalue weighted by Crippen LogP contribution is -2.24. The first kappa shape index (κ1) is 21.4. The number of aryl methyl sites for hydroxylation is 2. The van der Waals surface area contributed by atoms with Crippen LogP contribution in [0.2, 0.25) is 5.02 Å². The normalized spacial score (nSPS) is 11.0. The Morgan fingerprint density at radius 2 is 2.00 bits per heavy atom. The van der Waals surface area contributed by atoms with E-state index >= 15 is 0 Å². The maximum absolute atomic E-state index is 12.9. The van der Waals surface area contributed by atoms with Gasteiger partial charge < -0.3 is 5.32 Å². The number of halogens is 1. The number of carbonyl (C=O) groups is 1. The summed E-state index contributed by atoms with van der Waals surface area (Å²) in [4.78, 5) is 30.1. The third-order valence-corrected chi connectivity index (χ3v) is 5.86. The summed E-state index contributed by atoms with van der Waals surface area (Å²) in [6.45, 7) is 6.53. The molecule has 0 saturated carbocycles. The molecule has 0 aliphatic heterocycles. The summed E-state index contributed by atoms with van der Waals surface area (Å²) in [5.74, 6) is -0.0473. The van der Waals surface area contributed by atoms with Gasteiger partial charge in [0.2, 0.25) is 5.91 Å². The van der Waals surface area contributed by atoms with Gasteiger partial charge in [0, 0.05) is 6.54 Å². The number of hydrogen-bond acceptors (Lipinski definition) is 4. The Morgan fingerprint density at radius 3 is 2.72 bits per heavy atom. The number of amides is 1. The van der Waals surface area contributed by atoms with Crippen molar-refractivity contribution in [3.8, 4) is 0 Å². The van der Waals surface area contributed by atoms with E-state index in [-0.39, 0.29) is 17.2 Å². The zero-order valence-corrected chi connectivity index (χ0v) is 18.4. The van der Waals surface area contributed by atoms with Crippen LogP contribution in [0.5, 0.6) is 0 Å². The summed E-state index contributed by atoms with van der Waals surface area (Å²) >= 11 is 7.55. The van der Waals surface area contributed by atoms with Gasteiger partial charge in [-0.05, 0) is 49.6 Å². The first-order valence-electron chi connectivity index (χ1n) is 9.59. The minimum absolute atomic E-state index is 0.0654. The molecule has 1 N–H and O–H groups in total. The molecule has 0 unspecified atom stereocenters. The molecule has 0 atom stereocenters. The molecule has 1 aromatic heterocycles. The molecule has 7 heteroatoms. The van der Waals surface area contributed by atoms with E-state index in [4.69, 9.17) is 11.6 Å². The molecule has 0 bridgehead atoms. The van der Waals surface area contributed by atoms with Crippen LogP contribution in [0.15, 0.2) is 46.3 Å². The number of anilines is 1. The van der Waals surface area contributed by atoms with Crippen molar-refractivity contribution in [2.45, 2.75) is 45.3 Å². The Bertz CT molecular complexity index is 1090. The minimum Gasteiger partial charge on any atom is -0.324 e. The molecule has 0 saturated heterocycles. The highest BCUT2D eigenvalue weighted by atomic mass is 35.5. The number of hydrogen-bond donors (Lipinski definition) is 1. The first-order chi connectivity index (χ1) is 13.9. The number of aromatic nitrogens is 2. The Kier molecular flexibility index (Phi) is 6.98. The summed E-state index contributed by atoms with van der Waals surface area (Å²) in [7, 11) is 0. The summed E-state index contributed by atoms with van der Waals surface area (Å²) < 4.78 is 1.67. The van der Waals surface area contributed by atoms with E-state index < -0.39 is 0 Å². The first-order valence-corrected chi connectivity index (χ1v) is 11.0. The molecule has 1 heterocycles. The number of nitrogens with one attached hydrogen (secondary N) is 1. The quantitative estimate of drug-likeness (QED) is 0.414. The van der Waals surface area contributed by atoms with Crippen LogP contribution in [0.1, 0.15) is 30.9 Å². The fourth-order valence-corrected chi connectivity index (χ4v) is 4.34. The smallest absolute Gasteiger partial charge is 0.262 e. The summed E-state index contributed by atoms with van der Waals surface area (Å²) in [5.41, 5.74) is 3.16. The molecule has 0 radical (unpaired) electrons. The fourth-order valence-electron chi connectivity index (χ4n) is 3.15. The van der Waals surface area contributed by atoms with Crippen molar-refractivity contribution in [1.82, 2.24) is 9.55 Å². The molecular formula is C22H24ClN3O2S. The van der Waals surface area contributed by atoms with Crippen LogP contribution in [0.25, 0.3) is 10.9 Å². The summed E-state index contributed by atoms with van der Waals surface area (Å²) in [6.07, 6.45) is 1.84. The van der Waals surface area contributed by atoms with Gasteiger partial charge in [-0.1, -0.05) is 54.9 Å². The number of benzene rings is 2. The Morgan fingerprint density at radius 1 is 1.24 bits per heavy atom. The number of rotatable bonds is 7. The number of unbranched alkanes of at least 4 members (excludes halogenated alkanes) is 1. The lowest BCUT2D eigenvalue weighted by Gasteiger charge is -2.14. The molecule has 3 rings (SSSR count). The maximum atomic E-state index is 12.9. The highest BCUT2D eigenvalue weighted by Crippen LogP contribution is 2.28. The standard InChI is InChI=1S/C22H24ClN3O2S/c1-4-5-10-26-21(28)16-8-6-7-9-18(16)24-22(26)29-13-19(27)25-20-15(3)11-14(2)12-17(20)23/h6-9,11-12H,4-5,10,13H2,1-3H3,(H,25,27). The van der Waals surface area contributed by atoms with E-state index in [0.717, 1.165) is 24.0 Å². The van der Waals surface area contributed by atoms with Crippen LogP contribution in [0.4, 0.5) is 5.69 Å². The Balaban J connectivity index is 1.82. The minimum atomic E-state index is -0.187. The Labute approximate surface area is 179 Å². The lowest BCUT2D eigenvalue weighted by molar-refractivity contribution is -0.113. The summed E-state index contributed by atoms with van der Waals surface area (Å²) in [6, 6.07) is 11.1. The zero-order valence-electron chi connectivity index (χ0n) is 16.8. The van der Waals surface area contributed by atoms with Crippen molar-refractivity contribution in [2.75, 3.05) is 11.1 Å². The van der Waals surface area contributed by atoms with Gasteiger partial charge in [-0.25, -0.2) is 4.98 Å². The number of carbonyl (C=O) groups excluding carboxylic acids is 1. The van der Waals surface area contributed by atoms with Crippen LogP contribution in [0, 0.1) is 13.8 Å². The molecule has 0 fully saturated rings. The van der Waals surface area contributed by atoms with E-state index in [2.05, 4.69) is 17.2 Å². The van der Waals surface area contributed by atoms with E-state index in [1.165, 1.54) is 11.8 Å². The molecule has 1 amide bonds. The van der Waals surface area contributed by atoms with E-state index in [0.29, 0.717) is 33.3 Å². The molecule has 152 valence electrons. The molecule has 2 aromatic carbocycles. The van der Waals surface area contributed by atoms with Crippen molar-refractivity contribution in [2.24, 2.45) is 0 Å². The average Bonchev–Trinajstić information content (AvgIpc) is 2.68. The van der Waals surface area contributed by atoms with Gasteiger partial charge in [-0.3, -0.25) is 14.2 Å². The van der Waals surface area contributed by atoms with Crippen molar-refractivity contribution in [1.29, 1.82) is 0 Å². The van der Waals surface area contributed by atoms with Crippen molar-refractivity contribution >= 4 is 45.9 Å². The van der Waals surface area contributed by atoms with Crippen LogP contribution in [-0.4, -0.2) is 21.2 Å². The molecule has 3 aromatic rings. The molecule has 29 heavy (non-hydrogen) atoms.